The number of carbonyl (C=O) groups excluding carboxylic acids is 1. The summed E-state index contributed by atoms with van der Waals surface area (Å²) in [6.45, 7) is 2.21. The summed E-state index contributed by atoms with van der Waals surface area (Å²) in [4.78, 5) is 20.8. The number of aromatic nitrogens is 3. The van der Waals surface area contributed by atoms with Crippen LogP contribution >= 0.6 is 27.5 Å². The average Bonchev–Trinajstić information content (AvgIpc) is 3.39. The lowest BCUT2D eigenvalue weighted by atomic mass is 9.86. The highest BCUT2D eigenvalue weighted by atomic mass is 79.9. The monoisotopic (exact) mass is 627 g/mol. The maximum Gasteiger partial charge on any atom is 0.234 e. The minimum Gasteiger partial charge on any atom is -0.457 e. The molecule has 0 bridgehead atoms. The molecule has 9 heteroatoms. The van der Waals surface area contributed by atoms with Crippen molar-refractivity contribution in [3.63, 3.8) is 0 Å². The van der Waals surface area contributed by atoms with Crippen LogP contribution in [0.15, 0.2) is 89.5 Å². The first-order valence-corrected chi connectivity index (χ1v) is 14.9. The van der Waals surface area contributed by atoms with E-state index < -0.39 is 0 Å². The van der Waals surface area contributed by atoms with Crippen LogP contribution in [0.5, 0.6) is 11.5 Å². The van der Waals surface area contributed by atoms with Crippen molar-refractivity contribution in [2.45, 2.75) is 18.8 Å². The standard InChI is InChI=1S/C32H27BrClN5O2/c33-24-19-36-39-29(17-26(37-31(24)39)21-7-1-4-10-25(21)34)35-18-20-13-15-38(16-14-20)32(40)30-22-8-2-5-11-27(22)41-28-12-6-3-9-23(28)30/h1-12,17,19-20,30,35H,13-16,18H2. The molecule has 0 saturated carbocycles. The number of para-hydroxylation sites is 2. The van der Waals surface area contributed by atoms with Crippen LogP contribution in [-0.4, -0.2) is 45.0 Å². The van der Waals surface area contributed by atoms with Crippen LogP contribution in [0.25, 0.3) is 16.9 Å². The number of carbonyl (C=O) groups is 1. The third-order valence-electron chi connectivity index (χ3n) is 8.00. The Kier molecular flexibility index (Phi) is 6.88. The number of nitrogens with one attached hydrogen (secondary N) is 1. The summed E-state index contributed by atoms with van der Waals surface area (Å²) in [6.07, 6.45) is 3.58. The minimum atomic E-state index is -0.350. The molecular formula is C32H27BrClN5O2. The molecule has 1 N–H and O–H groups in total. The van der Waals surface area contributed by atoms with E-state index >= 15 is 0 Å². The van der Waals surface area contributed by atoms with E-state index in [0.29, 0.717) is 10.9 Å². The van der Waals surface area contributed by atoms with E-state index in [1.165, 1.54) is 0 Å². The number of benzene rings is 3. The molecule has 1 fully saturated rings. The van der Waals surface area contributed by atoms with E-state index in [-0.39, 0.29) is 11.8 Å². The van der Waals surface area contributed by atoms with Crippen molar-refractivity contribution in [1.29, 1.82) is 0 Å². The van der Waals surface area contributed by atoms with E-state index in [9.17, 15) is 4.79 Å². The summed E-state index contributed by atoms with van der Waals surface area (Å²) in [5.74, 6) is 2.57. The molecule has 206 valence electrons. The van der Waals surface area contributed by atoms with Gasteiger partial charge in [0.15, 0.2) is 5.65 Å². The molecule has 1 saturated heterocycles. The Balaban J connectivity index is 1.06. The van der Waals surface area contributed by atoms with Gasteiger partial charge in [-0.1, -0.05) is 66.2 Å². The molecular weight excluding hydrogens is 602 g/mol. The highest BCUT2D eigenvalue weighted by molar-refractivity contribution is 9.10. The number of amides is 1. The Bertz CT molecular complexity index is 1720. The zero-order valence-corrected chi connectivity index (χ0v) is 24.5. The molecule has 7 nitrogen and oxygen atoms in total. The lowest BCUT2D eigenvalue weighted by molar-refractivity contribution is -0.133. The van der Waals surface area contributed by atoms with Crippen molar-refractivity contribution in [1.82, 2.24) is 19.5 Å². The number of fused-ring (bicyclic) bond motifs is 3. The molecule has 0 aliphatic carbocycles. The molecule has 2 aliphatic heterocycles. The second kappa shape index (κ2) is 10.8. The number of hydrogen-bond acceptors (Lipinski definition) is 5. The lowest BCUT2D eigenvalue weighted by Crippen LogP contribution is -2.43. The quantitative estimate of drug-likeness (QED) is 0.220. The number of anilines is 1. The molecule has 2 aliphatic rings. The van der Waals surface area contributed by atoms with Gasteiger partial charge in [0.05, 0.1) is 22.3 Å². The number of hydrogen-bond donors (Lipinski definition) is 1. The van der Waals surface area contributed by atoms with Gasteiger partial charge in [0.1, 0.15) is 17.3 Å². The van der Waals surface area contributed by atoms with E-state index in [1.54, 1.807) is 6.20 Å². The summed E-state index contributed by atoms with van der Waals surface area (Å²) < 4.78 is 8.74. The Morgan fingerprint density at radius 1 is 0.976 bits per heavy atom. The lowest BCUT2D eigenvalue weighted by Gasteiger charge is -2.36. The van der Waals surface area contributed by atoms with Crippen molar-refractivity contribution >= 4 is 44.9 Å². The number of piperidine rings is 1. The molecule has 7 rings (SSSR count). The number of nitrogens with zero attached hydrogens (tertiary/aromatic N) is 4. The average molecular weight is 629 g/mol. The van der Waals surface area contributed by atoms with Gasteiger partial charge >= 0.3 is 0 Å². The zero-order valence-electron chi connectivity index (χ0n) is 22.1. The van der Waals surface area contributed by atoms with Crippen molar-refractivity contribution in [2.75, 3.05) is 25.0 Å². The van der Waals surface area contributed by atoms with Crippen LogP contribution in [0.3, 0.4) is 0 Å². The fraction of sp³-hybridized carbons (Fsp3) is 0.219. The Morgan fingerprint density at radius 2 is 1.63 bits per heavy atom. The molecule has 41 heavy (non-hydrogen) atoms. The highest BCUT2D eigenvalue weighted by Gasteiger charge is 2.36. The minimum absolute atomic E-state index is 0.140. The van der Waals surface area contributed by atoms with Crippen LogP contribution in [0, 0.1) is 5.92 Å². The van der Waals surface area contributed by atoms with Gasteiger partial charge < -0.3 is 15.0 Å². The molecule has 4 heterocycles. The predicted octanol–water partition coefficient (Wildman–Crippen LogP) is 7.40. The second-order valence-corrected chi connectivity index (χ2v) is 11.8. The summed E-state index contributed by atoms with van der Waals surface area (Å²) >= 11 is 10.1. The first-order valence-electron chi connectivity index (χ1n) is 13.7. The van der Waals surface area contributed by atoms with Crippen molar-refractivity contribution < 1.29 is 9.53 Å². The maximum atomic E-state index is 13.9. The largest absolute Gasteiger partial charge is 0.457 e. The first kappa shape index (κ1) is 26.0. The number of ether oxygens (including phenoxy) is 1. The van der Waals surface area contributed by atoms with Crippen LogP contribution in [0.4, 0.5) is 5.82 Å². The number of likely N-dealkylation sites (tertiary alicyclic amines) is 1. The van der Waals surface area contributed by atoms with Crippen LogP contribution < -0.4 is 10.1 Å². The Hall–Kier alpha value is -3.88. The van der Waals surface area contributed by atoms with Gasteiger partial charge in [-0.2, -0.15) is 9.61 Å². The summed E-state index contributed by atoms with van der Waals surface area (Å²) in [7, 11) is 0. The number of rotatable bonds is 5. The van der Waals surface area contributed by atoms with Gasteiger partial charge in [0, 0.05) is 47.4 Å². The van der Waals surface area contributed by atoms with E-state index in [4.69, 9.17) is 21.3 Å². The van der Waals surface area contributed by atoms with E-state index in [1.807, 2.05) is 88.3 Å². The van der Waals surface area contributed by atoms with Crippen LogP contribution in [0.2, 0.25) is 5.02 Å². The van der Waals surface area contributed by atoms with Gasteiger partial charge in [0.2, 0.25) is 5.91 Å². The first-order chi connectivity index (χ1) is 20.1. The van der Waals surface area contributed by atoms with Gasteiger partial charge in [-0.25, -0.2) is 4.98 Å². The van der Waals surface area contributed by atoms with Crippen LogP contribution in [0.1, 0.15) is 29.9 Å². The number of halogens is 2. The highest BCUT2D eigenvalue weighted by Crippen LogP contribution is 2.45. The third kappa shape index (κ3) is 4.85. The molecule has 0 atom stereocenters. The summed E-state index contributed by atoms with van der Waals surface area (Å²) in [5, 5.41) is 8.77. The van der Waals surface area contributed by atoms with Crippen molar-refractivity contribution in [2.24, 2.45) is 5.92 Å². The molecule has 5 aromatic rings. The Morgan fingerprint density at radius 3 is 2.34 bits per heavy atom. The SMILES string of the molecule is O=C(C1c2ccccc2Oc2ccccc21)N1CCC(CNc2cc(-c3ccccc3Cl)nc3c(Br)cnn23)CC1. The molecule has 1 amide bonds. The van der Waals surface area contributed by atoms with Crippen molar-refractivity contribution in [3.05, 3.63) is 106 Å². The second-order valence-electron chi connectivity index (χ2n) is 10.5. The third-order valence-corrected chi connectivity index (χ3v) is 8.89. The van der Waals surface area contributed by atoms with Gasteiger partial charge in [-0.3, -0.25) is 4.79 Å². The van der Waals surface area contributed by atoms with Gasteiger partial charge in [-0.05, 0) is 52.9 Å². The van der Waals surface area contributed by atoms with Gasteiger partial charge in [-0.15, -0.1) is 0 Å². The van der Waals surface area contributed by atoms with E-state index in [0.717, 1.165) is 82.3 Å². The predicted molar refractivity (Wildman–Crippen MR) is 164 cm³/mol. The van der Waals surface area contributed by atoms with Gasteiger partial charge in [0.25, 0.3) is 0 Å². The molecule has 2 aromatic heterocycles. The summed E-state index contributed by atoms with van der Waals surface area (Å²) in [5.41, 5.74) is 4.24. The molecule has 0 radical (unpaired) electrons. The zero-order chi connectivity index (χ0) is 27.9. The smallest absolute Gasteiger partial charge is 0.234 e. The van der Waals surface area contributed by atoms with Crippen molar-refractivity contribution in [3.8, 4) is 22.8 Å². The fourth-order valence-corrected chi connectivity index (χ4v) is 6.41. The van der Waals surface area contributed by atoms with Crippen LogP contribution in [-0.2, 0) is 4.79 Å². The summed E-state index contributed by atoms with van der Waals surface area (Å²) in [6, 6.07) is 25.4. The normalized spacial score (nSPS) is 15.3. The molecule has 0 unspecified atom stereocenters. The topological polar surface area (TPSA) is 71.8 Å². The Labute approximate surface area is 251 Å². The fourth-order valence-electron chi connectivity index (χ4n) is 5.83. The van der Waals surface area contributed by atoms with E-state index in [2.05, 4.69) is 26.3 Å². The molecule has 3 aromatic carbocycles. The maximum absolute atomic E-state index is 13.9. The molecule has 0 spiro atoms.